The van der Waals surface area contributed by atoms with Gasteiger partial charge in [0.1, 0.15) is 16.9 Å². The molecule has 1 aromatic heterocycles. The summed E-state index contributed by atoms with van der Waals surface area (Å²) in [6.07, 6.45) is -2.57. The van der Waals surface area contributed by atoms with Gasteiger partial charge in [-0.25, -0.2) is 4.98 Å². The van der Waals surface area contributed by atoms with Gasteiger partial charge in [0.15, 0.2) is 0 Å². The van der Waals surface area contributed by atoms with Gasteiger partial charge in [-0.15, -0.1) is 0 Å². The average Bonchev–Trinajstić information content (AvgIpc) is 2.81. The molecule has 96 valence electrons. The lowest BCUT2D eigenvalue weighted by atomic mass is 10.3. The minimum atomic E-state index is -4.49. The molecule has 0 saturated carbocycles. The minimum absolute atomic E-state index is 0.279. The van der Waals surface area contributed by atoms with E-state index in [1.807, 2.05) is 4.90 Å². The second-order valence-electron chi connectivity index (χ2n) is 3.93. The van der Waals surface area contributed by atoms with E-state index in [0.717, 1.165) is 30.7 Å². The number of aromatic nitrogens is 1. The van der Waals surface area contributed by atoms with Crippen molar-refractivity contribution in [3.8, 4) is 5.40 Å². The Morgan fingerprint density at radius 2 is 1.94 bits per heavy atom. The molecular weight excluding hydrogens is 263 g/mol. The fourth-order valence-corrected chi connectivity index (χ4v) is 2.30. The van der Waals surface area contributed by atoms with E-state index in [4.69, 9.17) is 5.26 Å². The van der Waals surface area contributed by atoms with Crippen molar-refractivity contribution in [1.29, 1.82) is 5.26 Å². The number of pyridine rings is 1. The molecule has 0 radical (unpaired) electrons. The fraction of sp³-hybridized carbons (Fsp3) is 0.455. The number of alkyl halides is 3. The van der Waals surface area contributed by atoms with Crippen LogP contribution < -0.4 is 4.90 Å². The van der Waals surface area contributed by atoms with Gasteiger partial charge in [0.25, 0.3) is 0 Å². The minimum Gasteiger partial charge on any atom is -0.357 e. The van der Waals surface area contributed by atoms with Crippen LogP contribution in [0, 0.1) is 10.7 Å². The Labute approximate surface area is 107 Å². The van der Waals surface area contributed by atoms with Gasteiger partial charge in [0, 0.05) is 18.0 Å². The van der Waals surface area contributed by atoms with Crippen LogP contribution in [0.5, 0.6) is 0 Å². The molecule has 1 saturated heterocycles. The Bertz CT molecular complexity index is 475. The number of anilines is 1. The van der Waals surface area contributed by atoms with Crippen LogP contribution >= 0.6 is 11.8 Å². The van der Waals surface area contributed by atoms with E-state index in [1.165, 1.54) is 6.07 Å². The van der Waals surface area contributed by atoms with Gasteiger partial charge in [0.05, 0.1) is 0 Å². The lowest BCUT2D eigenvalue weighted by molar-refractivity contribution is -0.141. The van der Waals surface area contributed by atoms with Gasteiger partial charge in [-0.2, -0.15) is 18.4 Å². The lowest BCUT2D eigenvalue weighted by Gasteiger charge is -2.18. The Hall–Kier alpha value is -1.42. The molecule has 3 nitrogen and oxygen atoms in total. The molecule has 1 fully saturated rings. The normalized spacial score (nSPS) is 15.8. The molecule has 1 aromatic rings. The molecule has 0 spiro atoms. The van der Waals surface area contributed by atoms with Crippen LogP contribution in [-0.2, 0) is 6.18 Å². The summed E-state index contributed by atoms with van der Waals surface area (Å²) < 4.78 is 38.1. The molecule has 0 bridgehead atoms. The molecular formula is C11H10F3N3S. The third-order valence-electron chi connectivity index (χ3n) is 2.67. The summed E-state index contributed by atoms with van der Waals surface area (Å²) in [7, 11) is 0. The number of thioether (sulfide) groups is 1. The number of nitriles is 1. The summed E-state index contributed by atoms with van der Waals surface area (Å²) in [5.74, 6) is 0.306. The van der Waals surface area contributed by atoms with E-state index in [9.17, 15) is 13.2 Å². The highest BCUT2D eigenvalue weighted by molar-refractivity contribution is 8.03. The standard InChI is InChI=1S/C11H10F3N3S/c12-11(13,14)9-5-8(18-7-15)6-10(16-9)17-3-1-2-4-17/h5-6H,1-4H2. The molecule has 0 aliphatic carbocycles. The van der Waals surface area contributed by atoms with Gasteiger partial charge < -0.3 is 4.90 Å². The molecule has 1 aliphatic rings. The number of rotatable bonds is 2. The van der Waals surface area contributed by atoms with Crippen molar-refractivity contribution >= 4 is 17.6 Å². The summed E-state index contributed by atoms with van der Waals surface area (Å²) in [5, 5.41) is 10.4. The van der Waals surface area contributed by atoms with Gasteiger partial charge >= 0.3 is 6.18 Å². The van der Waals surface area contributed by atoms with Crippen molar-refractivity contribution in [2.75, 3.05) is 18.0 Å². The Kier molecular flexibility index (Phi) is 3.66. The van der Waals surface area contributed by atoms with Gasteiger partial charge in [-0.1, -0.05) is 0 Å². The summed E-state index contributed by atoms with van der Waals surface area (Å²) in [5.41, 5.74) is -0.940. The van der Waals surface area contributed by atoms with Crippen molar-refractivity contribution in [2.45, 2.75) is 23.9 Å². The molecule has 2 rings (SSSR count). The van der Waals surface area contributed by atoms with E-state index in [2.05, 4.69) is 4.98 Å². The van der Waals surface area contributed by atoms with Crippen LogP contribution in [-0.4, -0.2) is 18.1 Å². The fourth-order valence-electron chi connectivity index (χ4n) is 1.86. The molecule has 18 heavy (non-hydrogen) atoms. The first-order chi connectivity index (χ1) is 8.50. The molecule has 0 amide bonds. The zero-order valence-corrected chi connectivity index (χ0v) is 10.2. The molecule has 0 atom stereocenters. The van der Waals surface area contributed by atoms with E-state index in [-0.39, 0.29) is 4.90 Å². The third kappa shape index (κ3) is 2.88. The predicted molar refractivity (Wildman–Crippen MR) is 62.2 cm³/mol. The van der Waals surface area contributed by atoms with E-state index >= 15 is 0 Å². The van der Waals surface area contributed by atoms with Gasteiger partial charge in [-0.05, 0) is 36.7 Å². The summed E-state index contributed by atoms with van der Waals surface area (Å²) >= 11 is 0.717. The zero-order valence-electron chi connectivity index (χ0n) is 9.37. The molecule has 1 aliphatic heterocycles. The summed E-state index contributed by atoms with van der Waals surface area (Å²) in [6.45, 7) is 1.43. The molecule has 0 aromatic carbocycles. The highest BCUT2D eigenvalue weighted by atomic mass is 32.2. The van der Waals surface area contributed by atoms with Crippen LogP contribution in [0.1, 0.15) is 18.5 Å². The van der Waals surface area contributed by atoms with Crippen molar-refractivity contribution < 1.29 is 13.2 Å². The van der Waals surface area contributed by atoms with Crippen molar-refractivity contribution in [3.63, 3.8) is 0 Å². The number of halogens is 3. The number of hydrogen-bond donors (Lipinski definition) is 0. The first kappa shape index (κ1) is 13.0. The Morgan fingerprint density at radius 3 is 2.50 bits per heavy atom. The van der Waals surface area contributed by atoms with Crippen molar-refractivity contribution in [1.82, 2.24) is 4.98 Å². The highest BCUT2D eigenvalue weighted by Crippen LogP contribution is 2.33. The quantitative estimate of drug-likeness (QED) is 0.612. The second kappa shape index (κ2) is 5.06. The highest BCUT2D eigenvalue weighted by Gasteiger charge is 2.34. The lowest BCUT2D eigenvalue weighted by Crippen LogP contribution is -2.21. The maximum atomic E-state index is 12.7. The van der Waals surface area contributed by atoms with Crippen LogP contribution in [0.15, 0.2) is 17.0 Å². The van der Waals surface area contributed by atoms with Crippen LogP contribution in [0.2, 0.25) is 0 Å². The first-order valence-electron chi connectivity index (χ1n) is 5.41. The van der Waals surface area contributed by atoms with Crippen LogP contribution in [0.25, 0.3) is 0 Å². The Morgan fingerprint density at radius 1 is 1.28 bits per heavy atom. The molecule has 2 heterocycles. The van der Waals surface area contributed by atoms with E-state index in [0.29, 0.717) is 18.9 Å². The number of hydrogen-bond acceptors (Lipinski definition) is 4. The smallest absolute Gasteiger partial charge is 0.357 e. The average molecular weight is 273 g/mol. The molecule has 0 unspecified atom stereocenters. The van der Waals surface area contributed by atoms with Crippen molar-refractivity contribution in [2.24, 2.45) is 0 Å². The summed E-state index contributed by atoms with van der Waals surface area (Å²) in [6, 6.07) is 2.45. The summed E-state index contributed by atoms with van der Waals surface area (Å²) in [4.78, 5) is 5.74. The first-order valence-corrected chi connectivity index (χ1v) is 6.22. The monoisotopic (exact) mass is 273 g/mol. The van der Waals surface area contributed by atoms with Crippen molar-refractivity contribution in [3.05, 3.63) is 17.8 Å². The SMILES string of the molecule is N#CSc1cc(N2CCCC2)nc(C(F)(F)F)c1. The molecule has 0 N–H and O–H groups in total. The van der Waals surface area contributed by atoms with Gasteiger partial charge in [-0.3, -0.25) is 0 Å². The number of nitrogens with zero attached hydrogens (tertiary/aromatic N) is 3. The largest absolute Gasteiger partial charge is 0.433 e. The molecule has 7 heteroatoms. The predicted octanol–water partition coefficient (Wildman–Crippen LogP) is 3.27. The topological polar surface area (TPSA) is 39.9 Å². The second-order valence-corrected chi connectivity index (χ2v) is 4.79. The van der Waals surface area contributed by atoms with E-state index in [1.54, 1.807) is 5.40 Å². The number of thiocyanates is 1. The third-order valence-corrected chi connectivity index (χ3v) is 3.23. The zero-order chi connectivity index (χ0) is 13.2. The van der Waals surface area contributed by atoms with Gasteiger partial charge in [0.2, 0.25) is 0 Å². The van der Waals surface area contributed by atoms with E-state index < -0.39 is 11.9 Å². The van der Waals surface area contributed by atoms with Crippen LogP contribution in [0.3, 0.4) is 0 Å². The van der Waals surface area contributed by atoms with Crippen LogP contribution in [0.4, 0.5) is 19.0 Å². The maximum absolute atomic E-state index is 12.7. The maximum Gasteiger partial charge on any atom is 0.433 e. The Balaban J connectivity index is 2.39.